The summed E-state index contributed by atoms with van der Waals surface area (Å²) < 4.78 is 19.7. The number of hydrogen-bond donors (Lipinski definition) is 0. The number of nitrogens with zero attached hydrogens (tertiary/aromatic N) is 1. The molecule has 0 N–H and O–H groups in total. The van der Waals surface area contributed by atoms with E-state index < -0.39 is 10.8 Å². The van der Waals surface area contributed by atoms with Crippen LogP contribution in [0.5, 0.6) is 23.0 Å². The van der Waals surface area contributed by atoms with E-state index in [1.54, 1.807) is 0 Å². The van der Waals surface area contributed by atoms with E-state index in [9.17, 15) is 0 Å². The molecule has 0 atom stereocenters. The summed E-state index contributed by atoms with van der Waals surface area (Å²) >= 11 is 0. The van der Waals surface area contributed by atoms with Crippen molar-refractivity contribution in [3.05, 3.63) is 317 Å². The Morgan fingerprint density at radius 2 is 0.731 bits per heavy atom. The fourth-order valence-corrected chi connectivity index (χ4v) is 14.1. The summed E-state index contributed by atoms with van der Waals surface area (Å²) in [4.78, 5) is 2.51. The average Bonchev–Trinajstić information content (AvgIpc) is 4.07. The monoisotopic (exact) mass is 995 g/mol. The summed E-state index contributed by atoms with van der Waals surface area (Å²) in [5.74, 6) is 3.52. The smallest absolute Gasteiger partial charge is 0.135 e. The molecule has 4 aliphatic rings. The molecular formula is C74H45NO3. The maximum Gasteiger partial charge on any atom is 0.135 e. The minimum Gasteiger partial charge on any atom is -0.457 e. The Morgan fingerprint density at radius 1 is 0.269 bits per heavy atom. The molecule has 2 aliphatic carbocycles. The predicted octanol–water partition coefficient (Wildman–Crippen LogP) is 19.3. The van der Waals surface area contributed by atoms with E-state index in [4.69, 9.17) is 13.9 Å². The van der Waals surface area contributed by atoms with E-state index in [2.05, 4.69) is 266 Å². The van der Waals surface area contributed by atoms with Gasteiger partial charge in [-0.25, -0.2) is 0 Å². The fraction of sp³-hybridized carbons (Fsp3) is 0.0270. The van der Waals surface area contributed by atoms with Crippen molar-refractivity contribution in [3.8, 4) is 67.5 Å². The third-order valence-corrected chi connectivity index (χ3v) is 17.2. The van der Waals surface area contributed by atoms with Crippen LogP contribution >= 0.6 is 0 Å². The van der Waals surface area contributed by atoms with Gasteiger partial charge in [-0.15, -0.1) is 0 Å². The fourth-order valence-electron chi connectivity index (χ4n) is 14.1. The lowest BCUT2D eigenvalue weighted by molar-refractivity contribution is 0.436. The molecule has 0 saturated heterocycles. The summed E-state index contributed by atoms with van der Waals surface area (Å²) in [5, 5.41) is 2.23. The van der Waals surface area contributed by atoms with E-state index in [1.807, 2.05) is 12.1 Å². The Kier molecular flexibility index (Phi) is 8.94. The van der Waals surface area contributed by atoms with Gasteiger partial charge in [0.25, 0.3) is 0 Å². The van der Waals surface area contributed by atoms with Crippen molar-refractivity contribution in [2.45, 2.75) is 10.8 Å². The van der Waals surface area contributed by atoms with E-state index in [1.165, 1.54) is 44.5 Å². The van der Waals surface area contributed by atoms with Crippen LogP contribution in [-0.4, -0.2) is 0 Å². The lowest BCUT2D eigenvalue weighted by atomic mass is 9.66. The van der Waals surface area contributed by atoms with Crippen LogP contribution in [-0.2, 0) is 10.8 Å². The van der Waals surface area contributed by atoms with Gasteiger partial charge in [0, 0.05) is 49.8 Å². The van der Waals surface area contributed by atoms with Crippen LogP contribution in [0.1, 0.15) is 44.5 Å². The maximum atomic E-state index is 6.77. The molecule has 0 radical (unpaired) electrons. The van der Waals surface area contributed by atoms with Crippen LogP contribution in [0.3, 0.4) is 0 Å². The maximum absolute atomic E-state index is 6.77. The minimum atomic E-state index is -0.636. The van der Waals surface area contributed by atoms with Crippen LogP contribution in [0.4, 0.5) is 17.1 Å². The summed E-state index contributed by atoms with van der Waals surface area (Å²) in [5.41, 5.74) is 22.7. The Hall–Kier alpha value is -10.2. The van der Waals surface area contributed by atoms with Crippen molar-refractivity contribution in [1.29, 1.82) is 0 Å². The molecule has 0 saturated carbocycles. The number of hydrogen-bond acceptors (Lipinski definition) is 4. The van der Waals surface area contributed by atoms with Gasteiger partial charge in [-0.1, -0.05) is 200 Å². The van der Waals surface area contributed by atoms with E-state index in [0.29, 0.717) is 0 Å². The second-order valence-electron chi connectivity index (χ2n) is 20.9. The first-order chi connectivity index (χ1) is 38.7. The van der Waals surface area contributed by atoms with Gasteiger partial charge < -0.3 is 18.8 Å². The van der Waals surface area contributed by atoms with Crippen LogP contribution in [0, 0.1) is 0 Å². The Morgan fingerprint density at radius 3 is 1.40 bits per heavy atom. The highest BCUT2D eigenvalue weighted by molar-refractivity contribution is 6.07. The third-order valence-electron chi connectivity index (χ3n) is 17.2. The van der Waals surface area contributed by atoms with Gasteiger partial charge in [0.1, 0.15) is 34.2 Å². The number of anilines is 3. The van der Waals surface area contributed by atoms with E-state index in [-0.39, 0.29) is 0 Å². The first-order valence-electron chi connectivity index (χ1n) is 26.8. The summed E-state index contributed by atoms with van der Waals surface area (Å²) in [6, 6.07) is 99.4. The number of ether oxygens (including phenoxy) is 2. The van der Waals surface area contributed by atoms with Gasteiger partial charge in [0.05, 0.1) is 22.2 Å². The molecule has 4 heteroatoms. The van der Waals surface area contributed by atoms with E-state index >= 15 is 0 Å². The normalized spacial score (nSPS) is 14.1. The number of para-hydroxylation sites is 6. The van der Waals surface area contributed by atoms with Crippen molar-refractivity contribution in [3.63, 3.8) is 0 Å². The molecular weight excluding hydrogens is 951 g/mol. The standard InChI is InChI=1S/C74H45NO3/c1-5-22-56-51(19-1)54-45-48(38-42-58(54)73(56)59-24-7-13-32-68(59)77-69-33-14-8-25-60(69)73)50-18-3-11-29-64(50)75(49-40-36-46(37-41-49)47-39-43-67-55(44-47)52-20-4-12-31-66(52)76-67)65-30-17-28-63-72(65)53-21-2-6-23-57(53)74(63)61-26-9-15-34-70(61)78-71-35-16-10-27-62(71)74/h1-45H. The molecule has 0 bridgehead atoms. The van der Waals surface area contributed by atoms with Gasteiger partial charge in [-0.05, 0) is 128 Å². The highest BCUT2D eigenvalue weighted by atomic mass is 16.5. The zero-order chi connectivity index (χ0) is 51.1. The van der Waals surface area contributed by atoms with Crippen LogP contribution in [0.2, 0.25) is 0 Å². The molecule has 13 aromatic rings. The molecule has 364 valence electrons. The van der Waals surface area contributed by atoms with Gasteiger partial charge in [0.15, 0.2) is 0 Å². The van der Waals surface area contributed by atoms with Gasteiger partial charge in [-0.3, -0.25) is 0 Å². The average molecular weight is 996 g/mol. The van der Waals surface area contributed by atoms with Gasteiger partial charge in [0.2, 0.25) is 0 Å². The Balaban J connectivity index is 0.897. The molecule has 2 spiro atoms. The summed E-state index contributed by atoms with van der Waals surface area (Å²) in [6.45, 7) is 0. The van der Waals surface area contributed by atoms with Crippen LogP contribution < -0.4 is 14.4 Å². The number of fused-ring (bicyclic) bond motifs is 21. The largest absolute Gasteiger partial charge is 0.457 e. The second kappa shape index (κ2) is 16.2. The molecule has 0 amide bonds. The van der Waals surface area contributed by atoms with Crippen LogP contribution in [0.15, 0.2) is 277 Å². The van der Waals surface area contributed by atoms with E-state index in [0.717, 1.165) is 107 Å². The zero-order valence-electron chi connectivity index (χ0n) is 42.2. The van der Waals surface area contributed by atoms with Crippen molar-refractivity contribution < 1.29 is 13.9 Å². The summed E-state index contributed by atoms with van der Waals surface area (Å²) in [6.07, 6.45) is 0. The SMILES string of the molecule is c1ccc2c(c1)Oc1ccccc1C21c2ccccc2-c2cc(-c3ccccc3N(c3ccc(-c4ccc5oc6ccccc6c5c4)cc3)c3cccc4c3-c3ccccc3C43c4ccccc4Oc4ccccc43)ccc21. The third kappa shape index (κ3) is 5.73. The number of rotatable bonds is 5. The van der Waals surface area contributed by atoms with Crippen molar-refractivity contribution >= 4 is 39.0 Å². The molecule has 12 aromatic carbocycles. The van der Waals surface area contributed by atoms with Crippen molar-refractivity contribution in [1.82, 2.24) is 0 Å². The Labute approximate surface area is 451 Å². The van der Waals surface area contributed by atoms with Crippen molar-refractivity contribution in [2.24, 2.45) is 0 Å². The molecule has 2 aliphatic heterocycles. The molecule has 3 heterocycles. The second-order valence-corrected chi connectivity index (χ2v) is 20.9. The number of furan rings is 1. The predicted molar refractivity (Wildman–Crippen MR) is 314 cm³/mol. The minimum absolute atomic E-state index is 0.562. The number of benzene rings is 12. The highest BCUT2D eigenvalue weighted by Gasteiger charge is 2.53. The Bertz CT molecular complexity index is 4570. The molecule has 4 nitrogen and oxygen atoms in total. The van der Waals surface area contributed by atoms with Gasteiger partial charge in [-0.2, -0.15) is 0 Å². The van der Waals surface area contributed by atoms with Crippen molar-refractivity contribution in [2.75, 3.05) is 4.90 Å². The lowest BCUT2D eigenvalue weighted by Crippen LogP contribution is -2.32. The quantitative estimate of drug-likeness (QED) is 0.172. The molecule has 0 unspecified atom stereocenters. The molecule has 78 heavy (non-hydrogen) atoms. The van der Waals surface area contributed by atoms with Gasteiger partial charge >= 0.3 is 0 Å². The lowest BCUT2D eigenvalue weighted by Gasteiger charge is -2.39. The first kappa shape index (κ1) is 43.1. The molecule has 0 fully saturated rings. The molecule has 1 aromatic heterocycles. The molecule has 17 rings (SSSR count). The van der Waals surface area contributed by atoms with Crippen LogP contribution in [0.25, 0.3) is 66.4 Å². The summed E-state index contributed by atoms with van der Waals surface area (Å²) in [7, 11) is 0. The zero-order valence-corrected chi connectivity index (χ0v) is 42.2. The topological polar surface area (TPSA) is 34.8 Å². The highest BCUT2D eigenvalue weighted by Crippen LogP contribution is 2.66. The first-order valence-corrected chi connectivity index (χ1v) is 26.8.